The van der Waals surface area contributed by atoms with Crippen LogP contribution < -0.4 is 23.8 Å². The number of nitrogens with one attached hydrogen (secondary N) is 1. The van der Waals surface area contributed by atoms with Gasteiger partial charge in [0.15, 0.2) is 0 Å². The van der Waals surface area contributed by atoms with E-state index in [4.69, 9.17) is 0 Å². The minimum atomic E-state index is -1.47. The van der Waals surface area contributed by atoms with Gasteiger partial charge in [-0.05, 0) is 5.56 Å². The molecule has 1 aromatic rings. The monoisotopic (exact) mass is 215 g/mol. The number of carbonyl (C=O) groups is 1. The van der Waals surface area contributed by atoms with Crippen LogP contribution in [0.3, 0.4) is 0 Å². The van der Waals surface area contributed by atoms with Crippen molar-refractivity contribution in [2.75, 3.05) is 0 Å². The fraction of sp³-hybridized carbons (Fsp3) is 0.364. The van der Waals surface area contributed by atoms with Gasteiger partial charge in [0.05, 0.1) is 6.42 Å². The summed E-state index contributed by atoms with van der Waals surface area (Å²) in [6, 6.07) is 9.82. The van der Waals surface area contributed by atoms with Gasteiger partial charge in [0, 0.05) is 0 Å². The van der Waals surface area contributed by atoms with Gasteiger partial charge in [-0.3, -0.25) is 4.79 Å². The Hall–Kier alpha value is -0.496. The molecule has 4 heteroatoms. The first-order valence-electron chi connectivity index (χ1n) is 4.82. The maximum atomic E-state index is 11.6. The average molecular weight is 215 g/mol. The molecule has 1 rings (SSSR count). The van der Waals surface area contributed by atoms with Gasteiger partial charge in [-0.15, -0.1) is 0 Å². The third kappa shape index (κ3) is 6.56. The molecule has 0 bridgehead atoms. The summed E-state index contributed by atoms with van der Waals surface area (Å²) in [4.78, 5) is 14.6. The second-order valence-electron chi connectivity index (χ2n) is 4.46. The third-order valence-corrected chi connectivity index (χ3v) is 2.75. The van der Waals surface area contributed by atoms with Crippen molar-refractivity contribution in [1.82, 2.24) is 4.98 Å². The van der Waals surface area contributed by atoms with E-state index >= 15 is 0 Å². The Labute approximate surface area is 106 Å². The van der Waals surface area contributed by atoms with Crippen LogP contribution in [-0.4, -0.2) is 14.1 Å². The van der Waals surface area contributed by atoms with Crippen LogP contribution in [0.5, 0.6) is 0 Å². The van der Waals surface area contributed by atoms with Crippen molar-refractivity contribution in [2.24, 2.45) is 0 Å². The maximum absolute atomic E-state index is 11.6. The van der Waals surface area contributed by atoms with Gasteiger partial charge in [0.1, 0.15) is 8.24 Å². The van der Waals surface area contributed by atoms with Crippen molar-refractivity contribution in [2.45, 2.75) is 26.1 Å². The third-order valence-electron chi connectivity index (χ3n) is 1.72. The Morgan fingerprint density at radius 3 is 2.27 bits per heavy atom. The quantitative estimate of drug-likeness (QED) is 0.664. The largest absolute Gasteiger partial charge is 1.00 e. The fourth-order valence-corrected chi connectivity index (χ4v) is 2.17. The van der Waals surface area contributed by atoms with Crippen molar-refractivity contribution in [3.63, 3.8) is 0 Å². The van der Waals surface area contributed by atoms with Crippen LogP contribution in [-0.2, 0) is 11.2 Å². The smallest absolute Gasteiger partial charge is 1.00 e. The summed E-state index contributed by atoms with van der Waals surface area (Å²) in [6.07, 6.45) is 0.491. The maximum Gasteiger partial charge on any atom is 1.00 e. The summed E-state index contributed by atoms with van der Waals surface area (Å²) in [6.45, 7) is 6.36. The van der Waals surface area contributed by atoms with Crippen molar-refractivity contribution >= 4 is 14.1 Å². The van der Waals surface area contributed by atoms with E-state index in [9.17, 15) is 4.79 Å². The molecule has 0 heterocycles. The predicted octanol–water partition coefficient (Wildman–Crippen LogP) is -0.703. The van der Waals surface area contributed by atoms with E-state index in [-0.39, 0.29) is 26.2 Å². The standard InChI is InChI=1S/C11H17NOSi.Li.H/c1-14(2,3)12-11(13)9-10-7-5-4-6-8-10;;/h4-8H,9H2,1-3H3,(H,12,13);;/q;+1;-1. The SMILES string of the molecule is C[Si](C)(C)NC(=O)Cc1ccccc1.[H-].[Li+]. The summed E-state index contributed by atoms with van der Waals surface area (Å²) in [7, 11) is -1.47. The molecular weight excluding hydrogens is 197 g/mol. The fourth-order valence-electron chi connectivity index (χ4n) is 1.24. The molecule has 0 atom stereocenters. The molecular formula is C11H18LiNOSi. The zero-order valence-corrected chi connectivity index (χ0v) is 11.0. The summed E-state index contributed by atoms with van der Waals surface area (Å²) in [5, 5.41) is 0. The molecule has 1 aromatic carbocycles. The van der Waals surface area contributed by atoms with Crippen LogP contribution >= 0.6 is 0 Å². The molecule has 0 aliphatic carbocycles. The first-order valence-corrected chi connectivity index (χ1v) is 8.32. The van der Waals surface area contributed by atoms with Gasteiger partial charge in [0.25, 0.3) is 0 Å². The van der Waals surface area contributed by atoms with Crippen LogP contribution in [0.1, 0.15) is 6.99 Å². The van der Waals surface area contributed by atoms with Crippen LogP contribution in [0.2, 0.25) is 19.6 Å². The van der Waals surface area contributed by atoms with E-state index in [0.29, 0.717) is 6.42 Å². The minimum absolute atomic E-state index is 0. The van der Waals surface area contributed by atoms with Crippen LogP contribution in [0.25, 0.3) is 0 Å². The van der Waals surface area contributed by atoms with Crippen molar-refractivity contribution in [3.05, 3.63) is 35.9 Å². The number of hydrogen-bond acceptors (Lipinski definition) is 1. The van der Waals surface area contributed by atoms with Gasteiger partial charge in [-0.25, -0.2) is 0 Å². The van der Waals surface area contributed by atoms with Gasteiger partial charge < -0.3 is 6.41 Å². The normalized spacial score (nSPS) is 10.3. The number of rotatable bonds is 3. The van der Waals surface area contributed by atoms with Gasteiger partial charge in [-0.1, -0.05) is 50.0 Å². The second kappa shape index (κ2) is 6.17. The van der Waals surface area contributed by atoms with E-state index in [1.165, 1.54) is 0 Å². The predicted molar refractivity (Wildman–Crippen MR) is 62.7 cm³/mol. The second-order valence-corrected chi connectivity index (χ2v) is 9.21. The molecule has 0 spiro atoms. The first kappa shape index (κ1) is 14.5. The molecule has 1 amide bonds. The summed E-state index contributed by atoms with van der Waals surface area (Å²) in [5.41, 5.74) is 1.07. The number of hydrogen-bond donors (Lipinski definition) is 1. The number of amides is 1. The van der Waals surface area contributed by atoms with Crippen molar-refractivity contribution in [1.29, 1.82) is 0 Å². The van der Waals surface area contributed by atoms with E-state index in [1.807, 2.05) is 30.3 Å². The first-order chi connectivity index (χ1) is 6.47. The molecule has 0 aliphatic heterocycles. The molecule has 0 aliphatic rings. The van der Waals surface area contributed by atoms with Gasteiger partial charge >= 0.3 is 18.9 Å². The molecule has 78 valence electrons. The van der Waals surface area contributed by atoms with Crippen LogP contribution in [0.15, 0.2) is 30.3 Å². The molecule has 0 saturated carbocycles. The van der Waals surface area contributed by atoms with E-state index in [1.54, 1.807) is 0 Å². The summed E-state index contributed by atoms with van der Waals surface area (Å²) in [5.74, 6) is 0.135. The molecule has 0 unspecified atom stereocenters. The van der Waals surface area contributed by atoms with Crippen LogP contribution in [0, 0.1) is 0 Å². The van der Waals surface area contributed by atoms with Crippen molar-refractivity contribution in [3.8, 4) is 0 Å². The Kier molecular flexibility index (Phi) is 5.96. The summed E-state index contributed by atoms with van der Waals surface area (Å²) < 4.78 is 0. The minimum Gasteiger partial charge on any atom is -1.00 e. The number of carbonyl (C=O) groups excluding carboxylic acids is 1. The molecule has 2 nitrogen and oxygen atoms in total. The molecule has 15 heavy (non-hydrogen) atoms. The molecule has 0 radical (unpaired) electrons. The number of benzene rings is 1. The van der Waals surface area contributed by atoms with E-state index in [0.717, 1.165) is 5.56 Å². The van der Waals surface area contributed by atoms with Crippen LogP contribution in [0.4, 0.5) is 0 Å². The van der Waals surface area contributed by atoms with E-state index < -0.39 is 8.24 Å². The van der Waals surface area contributed by atoms with Gasteiger partial charge in [0.2, 0.25) is 5.91 Å². The molecule has 0 fully saturated rings. The zero-order chi connectivity index (χ0) is 10.6. The van der Waals surface area contributed by atoms with Gasteiger partial charge in [-0.2, -0.15) is 0 Å². The Balaban J connectivity index is 0. The zero-order valence-electron chi connectivity index (χ0n) is 11.0. The Morgan fingerprint density at radius 1 is 1.27 bits per heavy atom. The summed E-state index contributed by atoms with van der Waals surface area (Å²) >= 11 is 0. The van der Waals surface area contributed by atoms with E-state index in [2.05, 4.69) is 24.6 Å². The van der Waals surface area contributed by atoms with Crippen molar-refractivity contribution < 1.29 is 25.1 Å². The molecule has 0 aromatic heterocycles. The average Bonchev–Trinajstić information content (AvgIpc) is 2.02. The topological polar surface area (TPSA) is 29.1 Å². The Bertz CT molecular complexity index is 314. The molecule has 1 N–H and O–H groups in total. The Morgan fingerprint density at radius 2 is 1.80 bits per heavy atom. The molecule has 0 saturated heterocycles.